The molecule has 0 aromatic carbocycles. The van der Waals surface area contributed by atoms with Gasteiger partial charge in [-0.1, -0.05) is 27.2 Å². The molecule has 1 aromatic rings. The van der Waals surface area contributed by atoms with Gasteiger partial charge in [0.05, 0.1) is 0 Å². The molecule has 1 N–H and O–H groups in total. The number of aromatic nitrogens is 2. The van der Waals surface area contributed by atoms with Crippen molar-refractivity contribution in [3.63, 3.8) is 0 Å². The van der Waals surface area contributed by atoms with Gasteiger partial charge in [-0.15, -0.1) is 10.2 Å². The van der Waals surface area contributed by atoms with Crippen LogP contribution in [-0.4, -0.2) is 35.7 Å². The molecule has 1 rings (SSSR count). The maximum atomic E-state index is 11.8. The number of hydrogen-bond donors (Lipinski definition) is 1. The van der Waals surface area contributed by atoms with Gasteiger partial charge in [-0.25, -0.2) is 0 Å². The molecule has 1 heterocycles. The van der Waals surface area contributed by atoms with Gasteiger partial charge in [0.1, 0.15) is 0 Å². The van der Waals surface area contributed by atoms with Crippen LogP contribution in [0.5, 0.6) is 0 Å². The topological polar surface area (TPSA) is 58.1 Å². The summed E-state index contributed by atoms with van der Waals surface area (Å²) in [5, 5.41) is 11.1. The highest BCUT2D eigenvalue weighted by Gasteiger charge is 2.10. The Morgan fingerprint density at radius 1 is 1.10 bits per heavy atom. The van der Waals surface area contributed by atoms with Crippen LogP contribution < -0.4 is 10.2 Å². The molecule has 5 heteroatoms. The first-order valence-corrected chi connectivity index (χ1v) is 7.59. The van der Waals surface area contributed by atoms with Gasteiger partial charge < -0.3 is 10.2 Å². The van der Waals surface area contributed by atoms with Crippen LogP contribution in [0.2, 0.25) is 0 Å². The Morgan fingerprint density at radius 2 is 1.80 bits per heavy atom. The first kappa shape index (κ1) is 16.4. The molecular formula is C15H26N4O. The summed E-state index contributed by atoms with van der Waals surface area (Å²) in [5.41, 5.74) is 0.387. The lowest BCUT2D eigenvalue weighted by molar-refractivity contribution is 0.0947. The quantitative estimate of drug-likeness (QED) is 0.705. The predicted octanol–water partition coefficient (Wildman–Crippen LogP) is 2.63. The minimum absolute atomic E-state index is 0.143. The van der Waals surface area contributed by atoms with Crippen molar-refractivity contribution in [2.75, 3.05) is 24.5 Å². The summed E-state index contributed by atoms with van der Waals surface area (Å²) in [5.74, 6) is 0.703. The molecule has 0 aliphatic heterocycles. The number of rotatable bonds is 9. The lowest BCUT2D eigenvalue weighted by atomic mass is 10.3. The zero-order valence-electron chi connectivity index (χ0n) is 12.9. The standard InChI is InChI=1S/C15H26N4O/c1-4-7-10-16-15(20)13-8-9-14(18-17-13)19(11-5-2)12-6-3/h8-9H,4-7,10-12H2,1-3H3,(H,16,20). The van der Waals surface area contributed by atoms with Crippen LogP contribution in [0, 0.1) is 0 Å². The number of nitrogens with zero attached hydrogens (tertiary/aromatic N) is 3. The van der Waals surface area contributed by atoms with E-state index in [0.717, 1.165) is 44.6 Å². The van der Waals surface area contributed by atoms with Crippen molar-refractivity contribution in [1.29, 1.82) is 0 Å². The third kappa shape index (κ3) is 5.15. The normalized spacial score (nSPS) is 10.3. The fraction of sp³-hybridized carbons (Fsp3) is 0.667. The molecule has 5 nitrogen and oxygen atoms in total. The summed E-state index contributed by atoms with van der Waals surface area (Å²) in [6, 6.07) is 3.63. The van der Waals surface area contributed by atoms with Crippen molar-refractivity contribution in [1.82, 2.24) is 15.5 Å². The Bertz CT molecular complexity index is 385. The van der Waals surface area contributed by atoms with E-state index in [4.69, 9.17) is 0 Å². The Labute approximate surface area is 121 Å². The van der Waals surface area contributed by atoms with E-state index < -0.39 is 0 Å². The molecule has 0 atom stereocenters. The molecule has 0 unspecified atom stereocenters. The highest BCUT2D eigenvalue weighted by atomic mass is 16.1. The van der Waals surface area contributed by atoms with Gasteiger partial charge in [-0.3, -0.25) is 4.79 Å². The molecular weight excluding hydrogens is 252 g/mol. The summed E-state index contributed by atoms with van der Waals surface area (Å²) in [6.45, 7) is 9.00. The predicted molar refractivity (Wildman–Crippen MR) is 82.1 cm³/mol. The fourth-order valence-electron chi connectivity index (χ4n) is 1.96. The van der Waals surface area contributed by atoms with Crippen molar-refractivity contribution in [2.24, 2.45) is 0 Å². The molecule has 1 aromatic heterocycles. The van der Waals surface area contributed by atoms with Gasteiger partial charge in [0, 0.05) is 19.6 Å². The molecule has 0 saturated carbocycles. The molecule has 0 bridgehead atoms. The highest BCUT2D eigenvalue weighted by Crippen LogP contribution is 2.10. The van der Waals surface area contributed by atoms with Gasteiger partial charge >= 0.3 is 0 Å². The zero-order chi connectivity index (χ0) is 14.8. The Morgan fingerprint density at radius 3 is 2.30 bits per heavy atom. The molecule has 0 saturated heterocycles. The molecule has 1 amide bonds. The van der Waals surface area contributed by atoms with E-state index in [-0.39, 0.29) is 5.91 Å². The van der Waals surface area contributed by atoms with E-state index in [1.54, 1.807) is 6.07 Å². The lowest BCUT2D eigenvalue weighted by Gasteiger charge is -2.21. The van der Waals surface area contributed by atoms with Crippen LogP contribution in [0.15, 0.2) is 12.1 Å². The number of carbonyl (C=O) groups is 1. The molecule has 0 aliphatic carbocycles. The maximum Gasteiger partial charge on any atom is 0.271 e. The number of anilines is 1. The molecule has 20 heavy (non-hydrogen) atoms. The molecule has 0 radical (unpaired) electrons. The van der Waals surface area contributed by atoms with E-state index in [1.165, 1.54) is 0 Å². The second kappa shape index (κ2) is 9.28. The van der Waals surface area contributed by atoms with Crippen LogP contribution >= 0.6 is 0 Å². The summed E-state index contributed by atoms with van der Waals surface area (Å²) >= 11 is 0. The van der Waals surface area contributed by atoms with Crippen molar-refractivity contribution >= 4 is 11.7 Å². The third-order valence-electron chi connectivity index (χ3n) is 3.01. The number of nitrogens with one attached hydrogen (secondary N) is 1. The Hall–Kier alpha value is -1.65. The van der Waals surface area contributed by atoms with Gasteiger partial charge in [0.2, 0.25) is 0 Å². The lowest BCUT2D eigenvalue weighted by Crippen LogP contribution is -2.28. The van der Waals surface area contributed by atoms with Crippen LogP contribution in [0.25, 0.3) is 0 Å². The van der Waals surface area contributed by atoms with Crippen LogP contribution in [0.4, 0.5) is 5.82 Å². The second-order valence-electron chi connectivity index (χ2n) is 4.87. The van der Waals surface area contributed by atoms with E-state index >= 15 is 0 Å². The number of amides is 1. The van der Waals surface area contributed by atoms with Gasteiger partial charge in [-0.05, 0) is 31.4 Å². The van der Waals surface area contributed by atoms with Gasteiger partial charge in [-0.2, -0.15) is 0 Å². The fourth-order valence-corrected chi connectivity index (χ4v) is 1.96. The Balaban J connectivity index is 2.64. The van der Waals surface area contributed by atoms with E-state index in [1.807, 2.05) is 6.07 Å². The first-order chi connectivity index (χ1) is 9.72. The minimum atomic E-state index is -0.143. The van der Waals surface area contributed by atoms with Crippen LogP contribution in [0.3, 0.4) is 0 Å². The van der Waals surface area contributed by atoms with E-state index in [0.29, 0.717) is 12.2 Å². The average Bonchev–Trinajstić information content (AvgIpc) is 2.47. The summed E-state index contributed by atoms with van der Waals surface area (Å²) in [6.07, 6.45) is 4.19. The Kier molecular flexibility index (Phi) is 7.62. The molecule has 0 aliphatic rings. The minimum Gasteiger partial charge on any atom is -0.355 e. The number of hydrogen-bond acceptors (Lipinski definition) is 4. The van der Waals surface area contributed by atoms with Crippen LogP contribution in [-0.2, 0) is 0 Å². The number of carbonyl (C=O) groups excluding carboxylic acids is 1. The first-order valence-electron chi connectivity index (χ1n) is 7.59. The second-order valence-corrected chi connectivity index (χ2v) is 4.87. The van der Waals surface area contributed by atoms with Crippen LogP contribution in [0.1, 0.15) is 56.9 Å². The van der Waals surface area contributed by atoms with E-state index in [9.17, 15) is 4.79 Å². The van der Waals surface area contributed by atoms with Crippen molar-refractivity contribution < 1.29 is 4.79 Å². The highest BCUT2D eigenvalue weighted by molar-refractivity contribution is 5.92. The van der Waals surface area contributed by atoms with E-state index in [2.05, 4.69) is 41.2 Å². The monoisotopic (exact) mass is 278 g/mol. The van der Waals surface area contributed by atoms with Crippen molar-refractivity contribution in [3.05, 3.63) is 17.8 Å². The molecule has 0 spiro atoms. The largest absolute Gasteiger partial charge is 0.355 e. The summed E-state index contributed by atoms with van der Waals surface area (Å²) < 4.78 is 0. The third-order valence-corrected chi connectivity index (χ3v) is 3.01. The van der Waals surface area contributed by atoms with Crippen molar-refractivity contribution in [3.8, 4) is 0 Å². The number of unbranched alkanes of at least 4 members (excludes halogenated alkanes) is 1. The average molecular weight is 278 g/mol. The van der Waals surface area contributed by atoms with Crippen molar-refractivity contribution in [2.45, 2.75) is 46.5 Å². The SMILES string of the molecule is CCCCNC(=O)c1ccc(N(CCC)CCC)nn1. The smallest absolute Gasteiger partial charge is 0.271 e. The van der Waals surface area contributed by atoms with Gasteiger partial charge in [0.15, 0.2) is 11.5 Å². The molecule has 112 valence electrons. The van der Waals surface area contributed by atoms with Gasteiger partial charge in [0.25, 0.3) is 5.91 Å². The maximum absolute atomic E-state index is 11.8. The molecule has 0 fully saturated rings. The summed E-state index contributed by atoms with van der Waals surface area (Å²) in [4.78, 5) is 14.0. The summed E-state index contributed by atoms with van der Waals surface area (Å²) in [7, 11) is 0. The zero-order valence-corrected chi connectivity index (χ0v) is 12.9.